The Hall–Kier alpha value is -1.23. The Bertz CT molecular complexity index is 418. The van der Waals surface area contributed by atoms with Crippen LogP contribution in [0, 0.1) is 0 Å². The Balaban J connectivity index is 2.72. The van der Waals surface area contributed by atoms with Crippen LogP contribution in [-0.2, 0) is 11.2 Å². The fourth-order valence-corrected chi connectivity index (χ4v) is 2.33. The van der Waals surface area contributed by atoms with Crippen molar-refractivity contribution in [2.45, 2.75) is 25.7 Å². The van der Waals surface area contributed by atoms with Gasteiger partial charge in [-0.3, -0.25) is 4.79 Å². The maximum absolute atomic E-state index is 10.4. The molecular formula is C13H17BrO4. The molecule has 5 heteroatoms. The smallest absolute Gasteiger partial charge is 0.303 e. The first-order valence-electron chi connectivity index (χ1n) is 5.70. The first-order chi connectivity index (χ1) is 8.58. The van der Waals surface area contributed by atoms with Crippen LogP contribution in [0.25, 0.3) is 0 Å². The molecule has 0 fully saturated rings. The Morgan fingerprint density at radius 2 is 2.00 bits per heavy atom. The molecule has 0 spiro atoms. The van der Waals surface area contributed by atoms with Gasteiger partial charge in [-0.25, -0.2) is 0 Å². The highest BCUT2D eigenvalue weighted by molar-refractivity contribution is 9.10. The lowest BCUT2D eigenvalue weighted by Gasteiger charge is -2.12. The summed E-state index contributed by atoms with van der Waals surface area (Å²) in [5.74, 6) is 0.736. The summed E-state index contributed by atoms with van der Waals surface area (Å²) in [6.07, 6.45) is 2.46. The van der Waals surface area contributed by atoms with Crippen LogP contribution in [0.15, 0.2) is 16.6 Å². The monoisotopic (exact) mass is 316 g/mol. The molecule has 0 saturated carbocycles. The summed E-state index contributed by atoms with van der Waals surface area (Å²) in [5, 5.41) is 8.58. The summed E-state index contributed by atoms with van der Waals surface area (Å²) in [7, 11) is 3.22. The predicted molar refractivity (Wildman–Crippen MR) is 72.4 cm³/mol. The number of carbonyl (C=O) groups is 1. The van der Waals surface area contributed by atoms with Crippen molar-refractivity contribution in [3.8, 4) is 11.5 Å². The van der Waals surface area contributed by atoms with Crippen LogP contribution < -0.4 is 9.47 Å². The van der Waals surface area contributed by atoms with Crippen LogP contribution in [0.5, 0.6) is 11.5 Å². The van der Waals surface area contributed by atoms with Crippen LogP contribution in [0.4, 0.5) is 0 Å². The summed E-state index contributed by atoms with van der Waals surface area (Å²) in [5.41, 5.74) is 1.05. The fourth-order valence-electron chi connectivity index (χ4n) is 1.71. The van der Waals surface area contributed by atoms with Gasteiger partial charge in [0.05, 0.1) is 14.2 Å². The third-order valence-corrected chi connectivity index (χ3v) is 3.36. The van der Waals surface area contributed by atoms with Gasteiger partial charge in [-0.15, -0.1) is 0 Å². The van der Waals surface area contributed by atoms with E-state index in [9.17, 15) is 4.79 Å². The quantitative estimate of drug-likeness (QED) is 0.784. The highest BCUT2D eigenvalue weighted by Gasteiger charge is 2.10. The van der Waals surface area contributed by atoms with Gasteiger partial charge in [0.15, 0.2) is 0 Å². The van der Waals surface area contributed by atoms with Crippen molar-refractivity contribution in [1.29, 1.82) is 0 Å². The summed E-state index contributed by atoms with van der Waals surface area (Å²) >= 11 is 3.48. The Kier molecular flexibility index (Phi) is 5.98. The topological polar surface area (TPSA) is 55.8 Å². The molecule has 0 unspecified atom stereocenters. The zero-order chi connectivity index (χ0) is 13.5. The number of rotatable bonds is 7. The highest BCUT2D eigenvalue weighted by atomic mass is 79.9. The molecular weight excluding hydrogens is 300 g/mol. The number of aliphatic carboxylic acids is 1. The number of carboxylic acids is 1. The lowest BCUT2D eigenvalue weighted by molar-refractivity contribution is -0.137. The number of ether oxygens (including phenoxy) is 2. The van der Waals surface area contributed by atoms with Crippen molar-refractivity contribution in [2.24, 2.45) is 0 Å². The molecule has 0 bridgehead atoms. The molecule has 0 aliphatic heterocycles. The van der Waals surface area contributed by atoms with E-state index in [1.807, 2.05) is 12.1 Å². The first kappa shape index (κ1) is 14.8. The SMILES string of the molecule is COc1cc(Br)c(CCCCC(=O)O)c(OC)c1. The Morgan fingerprint density at radius 1 is 1.28 bits per heavy atom. The van der Waals surface area contributed by atoms with Crippen molar-refractivity contribution >= 4 is 21.9 Å². The molecule has 0 aliphatic carbocycles. The van der Waals surface area contributed by atoms with E-state index in [2.05, 4.69) is 15.9 Å². The molecule has 1 aromatic rings. The van der Waals surface area contributed by atoms with E-state index < -0.39 is 5.97 Å². The Morgan fingerprint density at radius 3 is 2.56 bits per heavy atom. The predicted octanol–water partition coefficient (Wildman–Crippen LogP) is 3.26. The zero-order valence-electron chi connectivity index (χ0n) is 10.5. The van der Waals surface area contributed by atoms with Crippen molar-refractivity contribution < 1.29 is 19.4 Å². The number of hydrogen-bond donors (Lipinski definition) is 1. The number of unbranched alkanes of at least 4 members (excludes halogenated alkanes) is 1. The number of hydrogen-bond acceptors (Lipinski definition) is 3. The molecule has 4 nitrogen and oxygen atoms in total. The summed E-state index contributed by atoms with van der Waals surface area (Å²) in [4.78, 5) is 10.4. The first-order valence-corrected chi connectivity index (χ1v) is 6.50. The second-order valence-corrected chi connectivity index (χ2v) is 4.75. The molecule has 18 heavy (non-hydrogen) atoms. The second-order valence-electron chi connectivity index (χ2n) is 3.89. The van der Waals surface area contributed by atoms with Gasteiger partial charge in [-0.1, -0.05) is 15.9 Å². The van der Waals surface area contributed by atoms with Crippen LogP contribution >= 0.6 is 15.9 Å². The second kappa shape index (κ2) is 7.26. The third-order valence-electron chi connectivity index (χ3n) is 2.65. The minimum absolute atomic E-state index is 0.204. The molecule has 0 aliphatic rings. The fraction of sp³-hybridized carbons (Fsp3) is 0.462. The van der Waals surface area contributed by atoms with Gasteiger partial charge in [0.1, 0.15) is 11.5 Å². The minimum Gasteiger partial charge on any atom is -0.497 e. The van der Waals surface area contributed by atoms with Crippen molar-refractivity contribution in [2.75, 3.05) is 14.2 Å². The lowest BCUT2D eigenvalue weighted by Crippen LogP contribution is -1.98. The maximum Gasteiger partial charge on any atom is 0.303 e. The van der Waals surface area contributed by atoms with E-state index in [-0.39, 0.29) is 6.42 Å². The number of halogens is 1. The normalized spacial score (nSPS) is 10.2. The third kappa shape index (κ3) is 4.22. The Labute approximate surface area is 115 Å². The lowest BCUT2D eigenvalue weighted by atomic mass is 10.1. The number of benzene rings is 1. The van der Waals surface area contributed by atoms with Gasteiger partial charge in [-0.2, -0.15) is 0 Å². The number of carboxylic acid groups (broad SMARTS) is 1. The summed E-state index contributed by atoms with van der Waals surface area (Å²) < 4.78 is 11.4. The van der Waals surface area contributed by atoms with Crippen molar-refractivity contribution in [3.63, 3.8) is 0 Å². The number of methoxy groups -OCH3 is 2. The van der Waals surface area contributed by atoms with E-state index >= 15 is 0 Å². The highest BCUT2D eigenvalue weighted by Crippen LogP contribution is 2.33. The largest absolute Gasteiger partial charge is 0.497 e. The van der Waals surface area contributed by atoms with Gasteiger partial charge in [0.2, 0.25) is 0 Å². The molecule has 1 N–H and O–H groups in total. The van der Waals surface area contributed by atoms with Crippen LogP contribution in [0.1, 0.15) is 24.8 Å². The minimum atomic E-state index is -0.754. The van der Waals surface area contributed by atoms with Crippen LogP contribution in [0.2, 0.25) is 0 Å². The van der Waals surface area contributed by atoms with Gasteiger partial charge < -0.3 is 14.6 Å². The summed E-state index contributed by atoms with van der Waals surface area (Å²) in [6, 6.07) is 3.71. The van der Waals surface area contributed by atoms with Crippen molar-refractivity contribution in [3.05, 3.63) is 22.2 Å². The molecule has 0 heterocycles. The van der Waals surface area contributed by atoms with Gasteiger partial charge >= 0.3 is 5.97 Å². The molecule has 100 valence electrons. The van der Waals surface area contributed by atoms with Gasteiger partial charge in [0, 0.05) is 22.5 Å². The van der Waals surface area contributed by atoms with Gasteiger partial charge in [-0.05, 0) is 25.3 Å². The average molecular weight is 317 g/mol. The molecule has 0 amide bonds. The van der Waals surface area contributed by atoms with Crippen LogP contribution in [-0.4, -0.2) is 25.3 Å². The van der Waals surface area contributed by atoms with E-state index in [1.54, 1.807) is 14.2 Å². The van der Waals surface area contributed by atoms with E-state index in [0.717, 1.165) is 34.4 Å². The van der Waals surface area contributed by atoms with Gasteiger partial charge in [0.25, 0.3) is 0 Å². The van der Waals surface area contributed by atoms with Crippen molar-refractivity contribution in [1.82, 2.24) is 0 Å². The molecule has 1 rings (SSSR count). The zero-order valence-corrected chi connectivity index (χ0v) is 12.1. The van der Waals surface area contributed by atoms with Crippen LogP contribution in [0.3, 0.4) is 0 Å². The molecule has 0 aromatic heterocycles. The van der Waals surface area contributed by atoms with E-state index in [4.69, 9.17) is 14.6 Å². The average Bonchev–Trinajstić information content (AvgIpc) is 2.34. The maximum atomic E-state index is 10.4. The van der Waals surface area contributed by atoms with E-state index in [0.29, 0.717) is 6.42 Å². The standard InChI is InChI=1S/C13H17BrO4/c1-17-9-7-11(14)10(12(8-9)18-2)5-3-4-6-13(15)16/h7-8H,3-6H2,1-2H3,(H,15,16). The molecule has 1 aromatic carbocycles. The molecule has 0 saturated heterocycles. The van der Waals surface area contributed by atoms with E-state index in [1.165, 1.54) is 0 Å². The molecule has 0 atom stereocenters. The molecule has 0 radical (unpaired) electrons. The summed E-state index contributed by atoms with van der Waals surface area (Å²) in [6.45, 7) is 0.